The van der Waals surface area contributed by atoms with Crippen LogP contribution in [0.4, 0.5) is 4.39 Å². The molecule has 3 aromatic rings. The van der Waals surface area contributed by atoms with E-state index in [-0.39, 0.29) is 11.7 Å². The molecule has 1 aromatic carbocycles. The maximum absolute atomic E-state index is 13.2. The number of amides is 1. The van der Waals surface area contributed by atoms with Gasteiger partial charge >= 0.3 is 0 Å². The standard InChI is InChI=1S/C21H25FN6O/c1-2-18-17(14-24-28(18)16-9-7-15(22)8-10-16)21(29)23-12-11-20-26-25-19-6-4-3-5-13-27(19)20/h7-10,14H,2-6,11-13H2,1H3,(H,23,29). The molecule has 8 heteroatoms. The summed E-state index contributed by atoms with van der Waals surface area (Å²) in [7, 11) is 0. The first-order chi connectivity index (χ1) is 14.2. The van der Waals surface area contributed by atoms with Gasteiger partial charge in [-0.1, -0.05) is 13.3 Å². The van der Waals surface area contributed by atoms with E-state index in [0.29, 0.717) is 24.9 Å². The Kier molecular flexibility index (Phi) is 5.69. The average molecular weight is 396 g/mol. The number of halogens is 1. The highest BCUT2D eigenvalue weighted by atomic mass is 19.1. The minimum absolute atomic E-state index is 0.161. The van der Waals surface area contributed by atoms with Crippen molar-refractivity contribution >= 4 is 5.91 Å². The smallest absolute Gasteiger partial charge is 0.254 e. The Balaban J connectivity index is 1.43. The van der Waals surface area contributed by atoms with Crippen LogP contribution >= 0.6 is 0 Å². The molecule has 2 aromatic heterocycles. The molecule has 3 heterocycles. The van der Waals surface area contributed by atoms with E-state index in [4.69, 9.17) is 0 Å². The van der Waals surface area contributed by atoms with Crippen LogP contribution in [-0.4, -0.2) is 37.0 Å². The zero-order valence-electron chi connectivity index (χ0n) is 16.6. The summed E-state index contributed by atoms with van der Waals surface area (Å²) in [5.41, 5.74) is 2.07. The fourth-order valence-corrected chi connectivity index (χ4v) is 3.82. The second kappa shape index (κ2) is 8.55. The zero-order chi connectivity index (χ0) is 20.2. The van der Waals surface area contributed by atoms with E-state index in [1.807, 2.05) is 6.92 Å². The van der Waals surface area contributed by atoms with Gasteiger partial charge in [0.15, 0.2) is 0 Å². The fraction of sp³-hybridized carbons (Fsp3) is 0.429. The molecule has 0 spiro atoms. The minimum atomic E-state index is -0.303. The molecule has 0 unspecified atom stereocenters. The van der Waals surface area contributed by atoms with Gasteiger partial charge in [0.05, 0.1) is 23.1 Å². The van der Waals surface area contributed by atoms with Crippen molar-refractivity contribution in [1.29, 1.82) is 0 Å². The monoisotopic (exact) mass is 396 g/mol. The number of hydrogen-bond donors (Lipinski definition) is 1. The van der Waals surface area contributed by atoms with Gasteiger partial charge in [-0.15, -0.1) is 10.2 Å². The van der Waals surface area contributed by atoms with Crippen molar-refractivity contribution in [2.75, 3.05) is 6.54 Å². The number of hydrogen-bond acceptors (Lipinski definition) is 4. The van der Waals surface area contributed by atoms with Gasteiger partial charge < -0.3 is 9.88 Å². The molecule has 1 amide bonds. The molecule has 0 saturated carbocycles. The summed E-state index contributed by atoms with van der Waals surface area (Å²) < 4.78 is 17.1. The first-order valence-corrected chi connectivity index (χ1v) is 10.2. The van der Waals surface area contributed by atoms with Gasteiger partial charge in [0, 0.05) is 25.9 Å². The first-order valence-electron chi connectivity index (χ1n) is 10.2. The Morgan fingerprint density at radius 3 is 2.79 bits per heavy atom. The van der Waals surface area contributed by atoms with Crippen molar-refractivity contribution in [2.45, 2.75) is 52.0 Å². The Morgan fingerprint density at radius 1 is 1.17 bits per heavy atom. The quantitative estimate of drug-likeness (QED) is 0.695. The van der Waals surface area contributed by atoms with Crippen molar-refractivity contribution in [3.8, 4) is 5.69 Å². The van der Waals surface area contributed by atoms with E-state index in [0.717, 1.165) is 48.8 Å². The third kappa shape index (κ3) is 4.06. The Morgan fingerprint density at radius 2 is 2.00 bits per heavy atom. The SMILES string of the molecule is CCc1c(C(=O)NCCc2nnc3n2CCCCC3)cnn1-c1ccc(F)cc1. The summed E-state index contributed by atoms with van der Waals surface area (Å²) in [5.74, 6) is 1.52. The van der Waals surface area contributed by atoms with Crippen molar-refractivity contribution in [3.05, 3.63) is 59.2 Å². The maximum Gasteiger partial charge on any atom is 0.254 e. The molecule has 0 saturated heterocycles. The largest absolute Gasteiger partial charge is 0.351 e. The number of nitrogens with zero attached hydrogens (tertiary/aromatic N) is 5. The van der Waals surface area contributed by atoms with Gasteiger partial charge in [-0.3, -0.25) is 4.79 Å². The predicted octanol–water partition coefficient (Wildman–Crippen LogP) is 2.86. The van der Waals surface area contributed by atoms with Crippen LogP contribution in [0.3, 0.4) is 0 Å². The van der Waals surface area contributed by atoms with Crippen LogP contribution in [0, 0.1) is 5.82 Å². The average Bonchev–Trinajstić information content (AvgIpc) is 3.25. The van der Waals surface area contributed by atoms with Crippen LogP contribution in [0.5, 0.6) is 0 Å². The lowest BCUT2D eigenvalue weighted by Crippen LogP contribution is -2.27. The summed E-state index contributed by atoms with van der Waals surface area (Å²) in [6, 6.07) is 6.08. The first kappa shape index (κ1) is 19.3. The molecule has 0 atom stereocenters. The number of fused-ring (bicyclic) bond motifs is 1. The molecule has 0 fully saturated rings. The highest BCUT2D eigenvalue weighted by molar-refractivity contribution is 5.95. The Labute approximate surface area is 169 Å². The van der Waals surface area contributed by atoms with E-state index < -0.39 is 0 Å². The van der Waals surface area contributed by atoms with Gasteiger partial charge in [-0.25, -0.2) is 9.07 Å². The van der Waals surface area contributed by atoms with Gasteiger partial charge in [-0.05, 0) is 43.5 Å². The summed E-state index contributed by atoms with van der Waals surface area (Å²) in [6.07, 6.45) is 7.35. The lowest BCUT2D eigenvalue weighted by molar-refractivity contribution is 0.0953. The number of carbonyl (C=O) groups excluding carboxylic acids is 1. The van der Waals surface area contributed by atoms with Gasteiger partial charge in [0.25, 0.3) is 5.91 Å². The topological polar surface area (TPSA) is 77.6 Å². The minimum Gasteiger partial charge on any atom is -0.351 e. The molecular weight excluding hydrogens is 371 g/mol. The van der Waals surface area contributed by atoms with E-state index in [1.165, 1.54) is 18.6 Å². The third-order valence-electron chi connectivity index (χ3n) is 5.34. The number of aromatic nitrogens is 5. The van der Waals surface area contributed by atoms with Crippen molar-refractivity contribution < 1.29 is 9.18 Å². The van der Waals surface area contributed by atoms with Crippen LogP contribution in [0.15, 0.2) is 30.5 Å². The molecule has 4 rings (SSSR count). The van der Waals surface area contributed by atoms with Crippen molar-refractivity contribution in [2.24, 2.45) is 0 Å². The summed E-state index contributed by atoms with van der Waals surface area (Å²) in [6.45, 7) is 3.41. The summed E-state index contributed by atoms with van der Waals surface area (Å²) in [4.78, 5) is 12.7. The lowest BCUT2D eigenvalue weighted by atomic mass is 10.2. The predicted molar refractivity (Wildman–Crippen MR) is 107 cm³/mol. The van der Waals surface area contributed by atoms with E-state index in [2.05, 4.69) is 25.2 Å². The number of nitrogens with one attached hydrogen (secondary N) is 1. The van der Waals surface area contributed by atoms with Crippen molar-refractivity contribution in [3.63, 3.8) is 0 Å². The van der Waals surface area contributed by atoms with Crippen LogP contribution in [0.2, 0.25) is 0 Å². The fourth-order valence-electron chi connectivity index (χ4n) is 3.82. The molecule has 1 N–H and O–H groups in total. The molecule has 0 aliphatic carbocycles. The van der Waals surface area contributed by atoms with E-state index >= 15 is 0 Å². The second-order valence-corrected chi connectivity index (χ2v) is 7.25. The highest BCUT2D eigenvalue weighted by Gasteiger charge is 2.18. The van der Waals surface area contributed by atoms with Gasteiger partial charge in [-0.2, -0.15) is 5.10 Å². The Hall–Kier alpha value is -3.03. The van der Waals surface area contributed by atoms with E-state index in [1.54, 1.807) is 23.0 Å². The molecule has 1 aliphatic rings. The summed E-state index contributed by atoms with van der Waals surface area (Å²) >= 11 is 0. The maximum atomic E-state index is 13.2. The van der Waals surface area contributed by atoms with Crippen LogP contribution in [0.1, 0.15) is 53.9 Å². The number of benzene rings is 1. The van der Waals surface area contributed by atoms with Crippen LogP contribution in [-0.2, 0) is 25.8 Å². The number of aryl methyl sites for hydroxylation is 1. The second-order valence-electron chi connectivity index (χ2n) is 7.25. The molecule has 1 aliphatic heterocycles. The van der Waals surface area contributed by atoms with E-state index in [9.17, 15) is 9.18 Å². The molecule has 0 bridgehead atoms. The molecule has 7 nitrogen and oxygen atoms in total. The molecule has 0 radical (unpaired) electrons. The molecule has 152 valence electrons. The lowest BCUT2D eigenvalue weighted by Gasteiger charge is -2.09. The molecule has 29 heavy (non-hydrogen) atoms. The van der Waals surface area contributed by atoms with Crippen LogP contribution in [0.25, 0.3) is 5.69 Å². The normalized spacial score (nSPS) is 13.7. The third-order valence-corrected chi connectivity index (χ3v) is 5.34. The summed E-state index contributed by atoms with van der Waals surface area (Å²) in [5, 5.41) is 15.9. The highest BCUT2D eigenvalue weighted by Crippen LogP contribution is 2.17. The zero-order valence-corrected chi connectivity index (χ0v) is 16.6. The number of rotatable bonds is 6. The van der Waals surface area contributed by atoms with Crippen molar-refractivity contribution in [1.82, 2.24) is 29.9 Å². The van der Waals surface area contributed by atoms with Gasteiger partial charge in [0.2, 0.25) is 0 Å². The molecular formula is C21H25FN6O. The van der Waals surface area contributed by atoms with Crippen LogP contribution < -0.4 is 5.32 Å². The van der Waals surface area contributed by atoms with Gasteiger partial charge in [0.1, 0.15) is 17.5 Å². The Bertz CT molecular complexity index is 991. The number of carbonyl (C=O) groups is 1.